The second kappa shape index (κ2) is 18.5. The molecule has 7 heteroatoms. The molecule has 0 radical (unpaired) electrons. The van der Waals surface area contributed by atoms with Gasteiger partial charge in [0, 0.05) is 6.61 Å². The van der Waals surface area contributed by atoms with Gasteiger partial charge in [-0.25, -0.2) is 0 Å². The van der Waals surface area contributed by atoms with Crippen molar-refractivity contribution in [1.82, 2.24) is 0 Å². The fourth-order valence-corrected chi connectivity index (χ4v) is 2.83. The van der Waals surface area contributed by atoms with E-state index in [4.69, 9.17) is 4.74 Å². The van der Waals surface area contributed by atoms with E-state index in [1.54, 1.807) is 0 Å². The van der Waals surface area contributed by atoms with Crippen molar-refractivity contribution in [3.05, 3.63) is 0 Å². The largest absolute Gasteiger partial charge is 1.00 e. The fourth-order valence-electron chi connectivity index (χ4n) is 2.40. The number of unbranched alkanes of at least 4 members (excludes halogenated alkanes) is 11. The van der Waals surface area contributed by atoms with Crippen LogP contribution >= 0.6 is 7.82 Å². The summed E-state index contributed by atoms with van der Waals surface area (Å²) in [5.74, 6) is 0. The van der Waals surface area contributed by atoms with Gasteiger partial charge in [-0.15, -0.1) is 0 Å². The van der Waals surface area contributed by atoms with Gasteiger partial charge in [0.1, 0.15) is 0 Å². The summed E-state index contributed by atoms with van der Waals surface area (Å²) in [6, 6.07) is 0. The molecule has 0 N–H and O–H groups in total. The topological polar surface area (TPSA) is 81.7 Å². The van der Waals surface area contributed by atoms with Crippen molar-refractivity contribution >= 4 is 7.82 Å². The van der Waals surface area contributed by atoms with Gasteiger partial charge in [0.05, 0.1) is 7.82 Å². The van der Waals surface area contributed by atoms with Crippen LogP contribution < -0.4 is 61.2 Å². The molecule has 0 aromatic carbocycles. The molecule has 0 heterocycles. The molecule has 23 heavy (non-hydrogen) atoms. The van der Waals surface area contributed by atoms with Crippen molar-refractivity contribution in [3.8, 4) is 0 Å². The van der Waals surface area contributed by atoms with E-state index in [9.17, 15) is 14.4 Å². The molecule has 0 aromatic heterocycles. The zero-order valence-corrected chi connectivity index (χ0v) is 19.3. The molecule has 0 bridgehead atoms. The molecule has 0 saturated carbocycles. The van der Waals surface area contributed by atoms with Crippen molar-refractivity contribution in [1.29, 1.82) is 0 Å². The third kappa shape index (κ3) is 23.7. The summed E-state index contributed by atoms with van der Waals surface area (Å²) in [5, 5.41) is 0. The minimum atomic E-state index is -4.93. The summed E-state index contributed by atoms with van der Waals surface area (Å²) in [6.45, 7) is 4.09. The molecule has 134 valence electrons. The average molecular weight is 376 g/mol. The monoisotopic (exact) mass is 375 g/mol. The van der Waals surface area contributed by atoms with Gasteiger partial charge in [-0.05, 0) is 13.3 Å². The second-order valence-corrected chi connectivity index (χ2v) is 6.99. The van der Waals surface area contributed by atoms with Crippen molar-refractivity contribution in [3.63, 3.8) is 0 Å². The number of rotatable bonds is 16. The van der Waals surface area contributed by atoms with Crippen LogP contribution in [0.5, 0.6) is 0 Å². The Morgan fingerprint density at radius 2 is 1.22 bits per heavy atom. The Morgan fingerprint density at radius 1 is 0.826 bits per heavy atom. The van der Waals surface area contributed by atoms with E-state index in [1.165, 1.54) is 71.1 Å². The van der Waals surface area contributed by atoms with Gasteiger partial charge in [-0.2, -0.15) is 0 Å². The first-order valence-corrected chi connectivity index (χ1v) is 10.2. The first kappa shape index (κ1) is 26.9. The van der Waals surface area contributed by atoms with Gasteiger partial charge >= 0.3 is 51.4 Å². The van der Waals surface area contributed by atoms with Gasteiger partial charge < -0.3 is 23.6 Å². The molecule has 0 saturated heterocycles. The molecule has 0 aliphatic heterocycles. The second-order valence-electron chi connectivity index (χ2n) is 5.88. The molecule has 0 rings (SSSR count). The number of phosphoric ester groups is 1. The van der Waals surface area contributed by atoms with Gasteiger partial charge in [0.25, 0.3) is 0 Å². The van der Waals surface area contributed by atoms with E-state index < -0.39 is 14.1 Å². The molecule has 0 fully saturated rings. The molecule has 5 nitrogen and oxygen atoms in total. The average Bonchev–Trinajstić information content (AvgIpc) is 2.42. The van der Waals surface area contributed by atoms with E-state index >= 15 is 0 Å². The van der Waals surface area contributed by atoms with Crippen LogP contribution in [-0.2, 0) is 13.8 Å². The molecule has 0 amide bonds. The Kier molecular flexibility index (Phi) is 21.7. The maximum absolute atomic E-state index is 10.3. The van der Waals surface area contributed by atoms with Crippen LogP contribution in [-0.4, -0.2) is 12.9 Å². The van der Waals surface area contributed by atoms with E-state index in [0.717, 1.165) is 12.8 Å². The molecule has 0 aliphatic rings. The molecular formula is C16H33KO5P-. The summed E-state index contributed by atoms with van der Waals surface area (Å²) in [5.41, 5.74) is 0. The van der Waals surface area contributed by atoms with Crippen LogP contribution in [0.4, 0.5) is 0 Å². The molecular weight excluding hydrogens is 342 g/mol. The standard InChI is InChI=1S/C16H35O5P.K/c1-3-4-5-6-7-8-9-10-11-12-13-14-15-20-16(2)21-22(17,18)19;/h16H,3-15H2,1-2H3,(H2,17,18,19);/q;+1/p-2. The van der Waals surface area contributed by atoms with Crippen LogP contribution in [0.1, 0.15) is 90.9 Å². The van der Waals surface area contributed by atoms with Crippen LogP contribution in [0, 0.1) is 0 Å². The van der Waals surface area contributed by atoms with E-state index in [1.807, 2.05) is 0 Å². The number of hydrogen-bond donors (Lipinski definition) is 0. The molecule has 0 aromatic rings. The Hall–Kier alpha value is 1.71. The van der Waals surface area contributed by atoms with Crippen LogP contribution in [0.2, 0.25) is 0 Å². The van der Waals surface area contributed by atoms with Crippen LogP contribution in [0.25, 0.3) is 0 Å². The SMILES string of the molecule is CCCCCCCCCCCCCCOC(C)OP(=O)([O-])[O-].[K+]. The van der Waals surface area contributed by atoms with E-state index in [0.29, 0.717) is 6.61 Å². The predicted octanol–water partition coefficient (Wildman–Crippen LogP) is 0.899. The summed E-state index contributed by atoms with van der Waals surface area (Å²) < 4.78 is 19.6. The zero-order valence-electron chi connectivity index (χ0n) is 15.3. The van der Waals surface area contributed by atoms with Crippen LogP contribution in [0.3, 0.4) is 0 Å². The Labute approximate surface area is 185 Å². The maximum atomic E-state index is 10.3. The Balaban J connectivity index is 0. The number of hydrogen-bond acceptors (Lipinski definition) is 5. The Morgan fingerprint density at radius 3 is 1.61 bits per heavy atom. The van der Waals surface area contributed by atoms with Crippen molar-refractivity contribution in [2.45, 2.75) is 97.2 Å². The quantitative estimate of drug-likeness (QED) is 0.173. The fraction of sp³-hybridized carbons (Fsp3) is 1.00. The molecule has 1 unspecified atom stereocenters. The smallest absolute Gasteiger partial charge is 0.790 e. The first-order valence-electron chi connectivity index (χ1n) is 8.77. The van der Waals surface area contributed by atoms with Crippen molar-refractivity contribution in [2.24, 2.45) is 0 Å². The van der Waals surface area contributed by atoms with E-state index in [-0.39, 0.29) is 51.4 Å². The number of phosphoric acid groups is 1. The van der Waals surface area contributed by atoms with Crippen LogP contribution in [0.15, 0.2) is 0 Å². The van der Waals surface area contributed by atoms with Gasteiger partial charge in [0.15, 0.2) is 6.29 Å². The maximum Gasteiger partial charge on any atom is 1.00 e. The number of ether oxygens (including phenoxy) is 1. The molecule has 1 atom stereocenters. The zero-order chi connectivity index (χ0) is 16.7. The van der Waals surface area contributed by atoms with Crippen molar-refractivity contribution in [2.75, 3.05) is 6.61 Å². The first-order chi connectivity index (χ1) is 10.5. The molecule has 0 spiro atoms. The minimum Gasteiger partial charge on any atom is -0.790 e. The van der Waals surface area contributed by atoms with Gasteiger partial charge in [0.2, 0.25) is 0 Å². The van der Waals surface area contributed by atoms with Gasteiger partial charge in [-0.3, -0.25) is 0 Å². The summed E-state index contributed by atoms with van der Waals surface area (Å²) >= 11 is 0. The predicted molar refractivity (Wildman–Crippen MR) is 85.2 cm³/mol. The minimum absolute atomic E-state index is 0. The van der Waals surface area contributed by atoms with E-state index in [2.05, 4.69) is 11.4 Å². The third-order valence-electron chi connectivity index (χ3n) is 3.63. The Bertz CT molecular complexity index is 286. The van der Waals surface area contributed by atoms with Crippen molar-refractivity contribution < 1.29 is 75.0 Å². The third-order valence-corrected chi connectivity index (χ3v) is 4.18. The normalized spacial score (nSPS) is 12.9. The van der Waals surface area contributed by atoms with Gasteiger partial charge in [-0.1, -0.05) is 77.6 Å². The summed E-state index contributed by atoms with van der Waals surface area (Å²) in [4.78, 5) is 20.7. The summed E-state index contributed by atoms with van der Waals surface area (Å²) in [6.07, 6.45) is 14.2. The summed E-state index contributed by atoms with van der Waals surface area (Å²) in [7, 11) is -4.93. The molecule has 0 aliphatic carbocycles.